The van der Waals surface area contributed by atoms with Crippen molar-refractivity contribution in [3.8, 4) is 0 Å². The molecule has 3 heteroatoms. The van der Waals surface area contributed by atoms with E-state index < -0.39 is 0 Å². The van der Waals surface area contributed by atoms with E-state index in [9.17, 15) is 4.39 Å². The summed E-state index contributed by atoms with van der Waals surface area (Å²) in [6.07, 6.45) is 0. The van der Waals surface area contributed by atoms with Crippen LogP contribution in [-0.4, -0.2) is 0 Å². The summed E-state index contributed by atoms with van der Waals surface area (Å²) in [5, 5.41) is 2.18. The van der Waals surface area contributed by atoms with Crippen LogP contribution in [0.15, 0.2) is 36.4 Å². The average molecular weight is 328 g/mol. The van der Waals surface area contributed by atoms with Crippen LogP contribution in [0.3, 0.4) is 0 Å². The molecule has 0 nitrogen and oxygen atoms in total. The van der Waals surface area contributed by atoms with E-state index in [4.69, 9.17) is 0 Å². The predicted octanol–water partition coefficient (Wildman–Crippen LogP) is 4.80. The molecule has 0 fully saturated rings. The van der Waals surface area contributed by atoms with Gasteiger partial charge in [0, 0.05) is 23.7 Å². The van der Waals surface area contributed by atoms with E-state index in [-0.39, 0.29) is 5.82 Å². The van der Waals surface area contributed by atoms with Gasteiger partial charge in [0.2, 0.25) is 0 Å². The zero-order chi connectivity index (χ0) is 10.4. The fraction of sp³-hybridized carbons (Fsp3) is 0. The van der Waals surface area contributed by atoms with Crippen molar-refractivity contribution in [1.82, 2.24) is 0 Å². The van der Waals surface area contributed by atoms with Crippen LogP contribution in [0.2, 0.25) is 0 Å². The number of rotatable bonds is 0. The lowest BCUT2D eigenvalue weighted by Crippen LogP contribution is -1.72. The molecule has 3 aromatic rings. The molecule has 0 N–H and O–H groups in total. The number of hydrogen-bond donors (Lipinski definition) is 0. The van der Waals surface area contributed by atoms with Gasteiger partial charge in [-0.05, 0) is 59.0 Å². The SMILES string of the molecule is Fc1ccc2sc3ccc(I)cc3c2c1. The van der Waals surface area contributed by atoms with Gasteiger partial charge in [0.1, 0.15) is 5.82 Å². The van der Waals surface area contributed by atoms with Crippen LogP contribution >= 0.6 is 33.9 Å². The van der Waals surface area contributed by atoms with E-state index in [1.807, 2.05) is 6.07 Å². The number of halogens is 2. The van der Waals surface area contributed by atoms with Gasteiger partial charge >= 0.3 is 0 Å². The van der Waals surface area contributed by atoms with E-state index >= 15 is 0 Å². The molecule has 1 heterocycles. The monoisotopic (exact) mass is 328 g/mol. The van der Waals surface area contributed by atoms with Gasteiger partial charge in [-0.25, -0.2) is 4.39 Å². The van der Waals surface area contributed by atoms with Crippen molar-refractivity contribution < 1.29 is 4.39 Å². The lowest BCUT2D eigenvalue weighted by atomic mass is 10.1. The topological polar surface area (TPSA) is 0 Å². The van der Waals surface area contributed by atoms with E-state index in [2.05, 4.69) is 40.8 Å². The zero-order valence-corrected chi connectivity index (χ0v) is 10.6. The van der Waals surface area contributed by atoms with Crippen LogP contribution in [0.25, 0.3) is 20.2 Å². The summed E-state index contributed by atoms with van der Waals surface area (Å²) in [5.41, 5.74) is 0. The first-order valence-corrected chi connectivity index (χ1v) is 6.41. The summed E-state index contributed by atoms with van der Waals surface area (Å²) in [7, 11) is 0. The molecular formula is C12H6FIS. The normalized spacial score (nSPS) is 11.3. The highest BCUT2D eigenvalue weighted by molar-refractivity contribution is 14.1. The highest BCUT2D eigenvalue weighted by Gasteiger charge is 2.05. The zero-order valence-electron chi connectivity index (χ0n) is 7.63. The molecule has 0 amide bonds. The quantitative estimate of drug-likeness (QED) is 0.520. The van der Waals surface area contributed by atoms with E-state index in [0.29, 0.717) is 0 Å². The Labute approximate surface area is 104 Å². The lowest BCUT2D eigenvalue weighted by Gasteiger charge is -1.93. The first-order valence-electron chi connectivity index (χ1n) is 4.51. The van der Waals surface area contributed by atoms with Gasteiger partial charge in [0.25, 0.3) is 0 Å². The maximum atomic E-state index is 13.1. The summed E-state index contributed by atoms with van der Waals surface area (Å²) in [4.78, 5) is 0. The molecule has 0 spiro atoms. The molecule has 0 aliphatic carbocycles. The minimum Gasteiger partial charge on any atom is -0.207 e. The Morgan fingerprint density at radius 2 is 1.60 bits per heavy atom. The largest absolute Gasteiger partial charge is 0.207 e. The standard InChI is InChI=1S/C12H6FIS/c13-7-1-3-11-9(5-7)10-6-8(14)2-4-12(10)15-11/h1-6H. The molecule has 0 unspecified atom stereocenters. The van der Waals surface area contributed by atoms with E-state index in [1.54, 1.807) is 17.4 Å². The fourth-order valence-corrected chi connectivity index (χ4v) is 3.28. The molecule has 0 saturated heterocycles. The minimum absolute atomic E-state index is 0.166. The minimum atomic E-state index is -0.166. The van der Waals surface area contributed by atoms with Gasteiger partial charge in [-0.15, -0.1) is 11.3 Å². The molecule has 0 atom stereocenters. The second-order valence-electron chi connectivity index (χ2n) is 3.38. The van der Waals surface area contributed by atoms with Gasteiger partial charge in [0.05, 0.1) is 0 Å². The molecule has 0 saturated carbocycles. The first kappa shape index (κ1) is 9.54. The molecule has 0 aliphatic heterocycles. The van der Waals surface area contributed by atoms with Crippen molar-refractivity contribution in [1.29, 1.82) is 0 Å². The summed E-state index contributed by atoms with van der Waals surface area (Å²) in [6, 6.07) is 11.3. The Hall–Kier alpha value is -0.680. The Morgan fingerprint density at radius 3 is 2.40 bits per heavy atom. The Balaban J connectivity index is 2.55. The van der Waals surface area contributed by atoms with Gasteiger partial charge in [-0.1, -0.05) is 0 Å². The Morgan fingerprint density at radius 1 is 0.933 bits per heavy atom. The number of hydrogen-bond acceptors (Lipinski definition) is 1. The van der Waals surface area contributed by atoms with Crippen molar-refractivity contribution in [3.63, 3.8) is 0 Å². The molecule has 0 radical (unpaired) electrons. The van der Waals surface area contributed by atoms with Crippen LogP contribution in [0.5, 0.6) is 0 Å². The summed E-state index contributed by atoms with van der Waals surface area (Å²) < 4.78 is 16.7. The number of benzene rings is 2. The molecular weight excluding hydrogens is 322 g/mol. The molecule has 0 bridgehead atoms. The van der Waals surface area contributed by atoms with E-state index in [0.717, 1.165) is 15.5 Å². The summed E-state index contributed by atoms with van der Waals surface area (Å²) in [5.74, 6) is -0.166. The summed E-state index contributed by atoms with van der Waals surface area (Å²) >= 11 is 3.99. The predicted molar refractivity (Wildman–Crippen MR) is 72.0 cm³/mol. The smallest absolute Gasteiger partial charge is 0.123 e. The molecule has 1 aromatic heterocycles. The van der Waals surface area contributed by atoms with Crippen LogP contribution in [-0.2, 0) is 0 Å². The van der Waals surface area contributed by atoms with Gasteiger partial charge in [-0.3, -0.25) is 0 Å². The third-order valence-electron chi connectivity index (χ3n) is 2.39. The van der Waals surface area contributed by atoms with E-state index in [1.165, 1.54) is 14.3 Å². The fourth-order valence-electron chi connectivity index (χ4n) is 1.72. The van der Waals surface area contributed by atoms with Crippen molar-refractivity contribution in [2.24, 2.45) is 0 Å². The second-order valence-corrected chi connectivity index (χ2v) is 5.71. The number of thiophene rings is 1. The molecule has 0 aliphatic rings. The molecule has 3 rings (SSSR count). The first-order chi connectivity index (χ1) is 7.24. The third kappa shape index (κ3) is 1.54. The Kier molecular flexibility index (Phi) is 2.17. The van der Waals surface area contributed by atoms with Crippen molar-refractivity contribution in [2.75, 3.05) is 0 Å². The van der Waals surface area contributed by atoms with Crippen LogP contribution in [0, 0.1) is 9.39 Å². The second kappa shape index (κ2) is 3.42. The van der Waals surface area contributed by atoms with Crippen LogP contribution in [0.1, 0.15) is 0 Å². The maximum absolute atomic E-state index is 13.1. The average Bonchev–Trinajstić information content (AvgIpc) is 2.56. The van der Waals surface area contributed by atoms with Crippen molar-refractivity contribution in [3.05, 3.63) is 45.8 Å². The highest BCUT2D eigenvalue weighted by atomic mass is 127. The summed E-state index contributed by atoms with van der Waals surface area (Å²) in [6.45, 7) is 0. The van der Waals surface area contributed by atoms with Gasteiger partial charge < -0.3 is 0 Å². The van der Waals surface area contributed by atoms with Crippen molar-refractivity contribution in [2.45, 2.75) is 0 Å². The molecule has 2 aromatic carbocycles. The van der Waals surface area contributed by atoms with Crippen LogP contribution < -0.4 is 0 Å². The van der Waals surface area contributed by atoms with Crippen LogP contribution in [0.4, 0.5) is 4.39 Å². The lowest BCUT2D eigenvalue weighted by molar-refractivity contribution is 0.630. The van der Waals surface area contributed by atoms with Gasteiger partial charge in [-0.2, -0.15) is 0 Å². The molecule has 15 heavy (non-hydrogen) atoms. The van der Waals surface area contributed by atoms with Crippen molar-refractivity contribution >= 4 is 54.1 Å². The number of fused-ring (bicyclic) bond motifs is 3. The highest BCUT2D eigenvalue weighted by Crippen LogP contribution is 2.34. The van der Waals surface area contributed by atoms with Gasteiger partial charge in [0.15, 0.2) is 0 Å². The third-order valence-corrected chi connectivity index (χ3v) is 4.22. The maximum Gasteiger partial charge on any atom is 0.123 e. The molecule has 74 valence electrons. The Bertz CT molecular complexity index is 601.